The van der Waals surface area contributed by atoms with Crippen LogP contribution in [0.1, 0.15) is 48.7 Å². The molecule has 2 heterocycles. The van der Waals surface area contributed by atoms with E-state index in [1.54, 1.807) is 41.6 Å². The Hall–Kier alpha value is -2.12. The minimum Gasteiger partial charge on any atom is -0.469 e. The van der Waals surface area contributed by atoms with E-state index in [9.17, 15) is 13.2 Å². The average Bonchev–Trinajstić information content (AvgIpc) is 3.08. The molecule has 1 aliphatic rings. The molecule has 140 valence electrons. The zero-order chi connectivity index (χ0) is 18.7. The van der Waals surface area contributed by atoms with Gasteiger partial charge in [0.05, 0.1) is 16.7 Å². The van der Waals surface area contributed by atoms with Gasteiger partial charge in [0.25, 0.3) is 5.91 Å². The van der Waals surface area contributed by atoms with Crippen LogP contribution in [0.3, 0.4) is 0 Å². The summed E-state index contributed by atoms with van der Waals surface area (Å²) in [4.78, 5) is 12.5. The second-order valence-corrected chi connectivity index (χ2v) is 8.43. The summed E-state index contributed by atoms with van der Waals surface area (Å²) in [7, 11) is -3.51. The van der Waals surface area contributed by atoms with E-state index >= 15 is 0 Å². The van der Waals surface area contributed by atoms with Crippen molar-refractivity contribution in [1.29, 1.82) is 0 Å². The third kappa shape index (κ3) is 3.68. The van der Waals surface area contributed by atoms with Gasteiger partial charge in [-0.15, -0.1) is 0 Å². The first-order chi connectivity index (χ1) is 12.4. The predicted molar refractivity (Wildman–Crippen MR) is 99.7 cm³/mol. The molecular formula is C19H24N2O4S. The van der Waals surface area contributed by atoms with Crippen LogP contribution in [0.4, 0.5) is 5.69 Å². The number of hydrogen-bond acceptors (Lipinski definition) is 4. The topological polar surface area (TPSA) is 79.6 Å². The summed E-state index contributed by atoms with van der Waals surface area (Å²) in [5.74, 6) is 0.256. The van der Waals surface area contributed by atoms with Crippen LogP contribution in [0.15, 0.2) is 45.9 Å². The fourth-order valence-electron chi connectivity index (χ4n) is 3.36. The molecule has 1 aromatic carbocycles. The standard InChI is InChI=1S/C19H24N2O4S/c1-3-16-6-4-5-12-21(16)26(23,24)17-9-7-15(8-10-17)20-19(22)18-11-13-25-14(18)2/h7-11,13,16H,3-6,12H2,1-2H3,(H,20,22). The van der Waals surface area contributed by atoms with Crippen molar-refractivity contribution in [2.24, 2.45) is 0 Å². The lowest BCUT2D eigenvalue weighted by Crippen LogP contribution is -2.43. The van der Waals surface area contributed by atoms with Crippen LogP contribution in [0, 0.1) is 6.92 Å². The van der Waals surface area contributed by atoms with Crippen LogP contribution in [-0.4, -0.2) is 31.2 Å². The largest absolute Gasteiger partial charge is 0.469 e. The van der Waals surface area contributed by atoms with E-state index in [0.29, 0.717) is 23.6 Å². The Balaban J connectivity index is 1.76. The lowest BCUT2D eigenvalue weighted by molar-refractivity contribution is 0.102. The maximum absolute atomic E-state index is 12.9. The minimum atomic E-state index is -3.51. The summed E-state index contributed by atoms with van der Waals surface area (Å²) in [6, 6.07) is 8.00. The van der Waals surface area contributed by atoms with Crippen molar-refractivity contribution in [3.63, 3.8) is 0 Å². The van der Waals surface area contributed by atoms with E-state index in [1.165, 1.54) is 6.26 Å². The van der Waals surface area contributed by atoms with Gasteiger partial charge in [-0.2, -0.15) is 4.31 Å². The van der Waals surface area contributed by atoms with Gasteiger partial charge >= 0.3 is 0 Å². The number of nitrogens with one attached hydrogen (secondary N) is 1. The summed E-state index contributed by atoms with van der Waals surface area (Å²) in [6.45, 7) is 4.31. The van der Waals surface area contributed by atoms with Gasteiger partial charge in [0.1, 0.15) is 5.76 Å². The molecule has 1 unspecified atom stereocenters. The highest BCUT2D eigenvalue weighted by molar-refractivity contribution is 7.89. The molecule has 1 aliphatic heterocycles. The maximum Gasteiger partial charge on any atom is 0.259 e. The van der Waals surface area contributed by atoms with Gasteiger partial charge in [0.15, 0.2) is 0 Å². The van der Waals surface area contributed by atoms with E-state index in [1.807, 2.05) is 6.92 Å². The second kappa shape index (κ2) is 7.63. The molecule has 7 heteroatoms. The van der Waals surface area contributed by atoms with E-state index in [2.05, 4.69) is 5.32 Å². The quantitative estimate of drug-likeness (QED) is 0.861. The number of piperidine rings is 1. The maximum atomic E-state index is 12.9. The third-order valence-corrected chi connectivity index (χ3v) is 6.83. The number of rotatable bonds is 5. The molecule has 1 atom stereocenters. The zero-order valence-electron chi connectivity index (χ0n) is 15.1. The third-order valence-electron chi connectivity index (χ3n) is 4.87. The molecule has 2 aromatic rings. The number of anilines is 1. The number of furan rings is 1. The Bertz CT molecular complexity index is 871. The number of aryl methyl sites for hydroxylation is 1. The molecule has 0 spiro atoms. The molecule has 1 amide bonds. The fourth-order valence-corrected chi connectivity index (χ4v) is 5.13. The van der Waals surface area contributed by atoms with Crippen LogP contribution in [0.5, 0.6) is 0 Å². The first-order valence-electron chi connectivity index (χ1n) is 8.91. The van der Waals surface area contributed by atoms with E-state index in [0.717, 1.165) is 25.7 Å². The van der Waals surface area contributed by atoms with Crippen LogP contribution >= 0.6 is 0 Å². The number of benzene rings is 1. The fraction of sp³-hybridized carbons (Fsp3) is 0.421. The zero-order valence-corrected chi connectivity index (χ0v) is 15.9. The van der Waals surface area contributed by atoms with Crippen molar-refractivity contribution in [2.75, 3.05) is 11.9 Å². The van der Waals surface area contributed by atoms with Gasteiger partial charge in [-0.25, -0.2) is 8.42 Å². The van der Waals surface area contributed by atoms with Crippen molar-refractivity contribution in [3.05, 3.63) is 47.9 Å². The highest BCUT2D eigenvalue weighted by atomic mass is 32.2. The summed E-state index contributed by atoms with van der Waals surface area (Å²) >= 11 is 0. The number of carbonyl (C=O) groups excluding carboxylic acids is 1. The van der Waals surface area contributed by atoms with E-state index in [-0.39, 0.29) is 16.8 Å². The summed E-state index contributed by atoms with van der Waals surface area (Å²) in [5.41, 5.74) is 1.00. The summed E-state index contributed by atoms with van der Waals surface area (Å²) < 4.78 is 32.6. The van der Waals surface area contributed by atoms with Crippen LogP contribution in [-0.2, 0) is 10.0 Å². The Labute approximate surface area is 154 Å². The molecule has 0 bridgehead atoms. The highest BCUT2D eigenvalue weighted by Crippen LogP contribution is 2.27. The highest BCUT2D eigenvalue weighted by Gasteiger charge is 2.32. The molecule has 1 N–H and O–H groups in total. The number of hydrogen-bond donors (Lipinski definition) is 1. The van der Waals surface area contributed by atoms with Gasteiger partial charge in [0, 0.05) is 18.3 Å². The Morgan fingerprint density at radius 3 is 2.58 bits per heavy atom. The SMILES string of the molecule is CCC1CCCCN1S(=O)(=O)c1ccc(NC(=O)c2ccoc2C)cc1. The van der Waals surface area contributed by atoms with Crippen molar-refractivity contribution < 1.29 is 17.6 Å². The summed E-state index contributed by atoms with van der Waals surface area (Å²) in [6.07, 6.45) is 5.16. The molecular weight excluding hydrogens is 352 g/mol. The lowest BCUT2D eigenvalue weighted by atomic mass is 10.0. The molecule has 26 heavy (non-hydrogen) atoms. The van der Waals surface area contributed by atoms with Crippen LogP contribution in [0.2, 0.25) is 0 Å². The van der Waals surface area contributed by atoms with Crippen molar-refractivity contribution in [3.8, 4) is 0 Å². The number of nitrogens with zero attached hydrogens (tertiary/aromatic N) is 1. The van der Waals surface area contributed by atoms with Gasteiger partial charge in [-0.1, -0.05) is 13.3 Å². The van der Waals surface area contributed by atoms with Crippen LogP contribution in [0.25, 0.3) is 0 Å². The number of amides is 1. The Kier molecular flexibility index (Phi) is 5.48. The van der Waals surface area contributed by atoms with Gasteiger partial charge < -0.3 is 9.73 Å². The number of carbonyl (C=O) groups is 1. The molecule has 1 aromatic heterocycles. The first kappa shape index (κ1) is 18.7. The average molecular weight is 376 g/mol. The predicted octanol–water partition coefficient (Wildman–Crippen LogP) is 3.79. The normalized spacial score (nSPS) is 18.6. The smallest absolute Gasteiger partial charge is 0.259 e. The molecule has 0 radical (unpaired) electrons. The van der Waals surface area contributed by atoms with E-state index in [4.69, 9.17) is 4.42 Å². The Morgan fingerprint density at radius 2 is 1.96 bits per heavy atom. The molecule has 6 nitrogen and oxygen atoms in total. The molecule has 3 rings (SSSR count). The van der Waals surface area contributed by atoms with Gasteiger partial charge in [-0.05, 0) is 56.5 Å². The molecule has 1 saturated heterocycles. The van der Waals surface area contributed by atoms with Gasteiger partial charge in [0.2, 0.25) is 10.0 Å². The van der Waals surface area contributed by atoms with Crippen molar-refractivity contribution >= 4 is 21.6 Å². The van der Waals surface area contributed by atoms with E-state index < -0.39 is 10.0 Å². The van der Waals surface area contributed by atoms with Crippen LogP contribution < -0.4 is 5.32 Å². The van der Waals surface area contributed by atoms with Crippen molar-refractivity contribution in [1.82, 2.24) is 4.31 Å². The molecule has 0 saturated carbocycles. The summed E-state index contributed by atoms with van der Waals surface area (Å²) in [5, 5.41) is 2.76. The monoisotopic (exact) mass is 376 g/mol. The van der Waals surface area contributed by atoms with Gasteiger partial charge in [-0.3, -0.25) is 4.79 Å². The molecule has 0 aliphatic carbocycles. The Morgan fingerprint density at radius 1 is 1.23 bits per heavy atom. The number of sulfonamides is 1. The molecule has 1 fully saturated rings. The lowest BCUT2D eigenvalue weighted by Gasteiger charge is -2.34. The second-order valence-electron chi connectivity index (χ2n) is 6.54. The minimum absolute atomic E-state index is 0.0668. The van der Waals surface area contributed by atoms with Crippen molar-refractivity contribution in [2.45, 2.75) is 50.5 Å². The first-order valence-corrected chi connectivity index (χ1v) is 10.3.